The van der Waals surface area contributed by atoms with E-state index in [1.807, 2.05) is 19.9 Å². The Bertz CT molecular complexity index is 920. The fourth-order valence-corrected chi connectivity index (χ4v) is 3.05. The van der Waals surface area contributed by atoms with E-state index in [1.165, 1.54) is 0 Å². The molecule has 2 aromatic carbocycles. The van der Waals surface area contributed by atoms with Crippen molar-refractivity contribution in [3.05, 3.63) is 57.6 Å². The molecule has 25 heavy (non-hydrogen) atoms. The fraction of sp³-hybridized carbons (Fsp3) is 0.200. The summed E-state index contributed by atoms with van der Waals surface area (Å²) in [5.74, 6) is 0. The Hall–Kier alpha value is -2.62. The number of hydrogen-bond acceptors (Lipinski definition) is 5. The van der Waals surface area contributed by atoms with Gasteiger partial charge in [-0.05, 0) is 49.2 Å². The molecule has 0 saturated carbocycles. The van der Waals surface area contributed by atoms with E-state index < -0.39 is 30.9 Å². The molecule has 0 aliphatic heterocycles. The SMILES string of the molecule is Cc1cc(C)cc(Nc2ccc(S(=O)(=O)C(F)(F)F)cc2[N+](=O)[O-])c1. The van der Waals surface area contributed by atoms with Gasteiger partial charge in [-0.2, -0.15) is 13.2 Å². The average molecular weight is 374 g/mol. The number of nitrogens with one attached hydrogen (secondary N) is 1. The van der Waals surface area contributed by atoms with Crippen LogP contribution in [0.15, 0.2) is 41.3 Å². The van der Waals surface area contributed by atoms with Crippen LogP contribution in [0.4, 0.5) is 30.2 Å². The number of benzene rings is 2. The van der Waals surface area contributed by atoms with Gasteiger partial charge in [0.2, 0.25) is 0 Å². The summed E-state index contributed by atoms with van der Waals surface area (Å²) in [4.78, 5) is 9.04. The molecular formula is C15H13F3N2O4S. The van der Waals surface area contributed by atoms with Gasteiger partial charge < -0.3 is 5.32 Å². The molecule has 2 aromatic rings. The molecule has 0 aliphatic carbocycles. The number of sulfone groups is 1. The van der Waals surface area contributed by atoms with Crippen molar-refractivity contribution < 1.29 is 26.5 Å². The van der Waals surface area contributed by atoms with E-state index in [0.29, 0.717) is 17.8 Å². The number of alkyl halides is 3. The highest BCUT2D eigenvalue weighted by atomic mass is 32.2. The van der Waals surface area contributed by atoms with Crippen molar-refractivity contribution in [2.45, 2.75) is 24.3 Å². The first-order valence-electron chi connectivity index (χ1n) is 6.87. The Morgan fingerprint density at radius 2 is 1.60 bits per heavy atom. The Morgan fingerprint density at radius 3 is 2.08 bits per heavy atom. The van der Waals surface area contributed by atoms with Gasteiger partial charge in [0.15, 0.2) is 0 Å². The molecule has 134 valence electrons. The van der Waals surface area contributed by atoms with E-state index in [0.717, 1.165) is 17.2 Å². The third-order valence-corrected chi connectivity index (χ3v) is 4.77. The average Bonchev–Trinajstić information content (AvgIpc) is 2.44. The van der Waals surface area contributed by atoms with Crippen LogP contribution in [0.5, 0.6) is 0 Å². The molecule has 1 N–H and O–H groups in total. The molecule has 0 saturated heterocycles. The summed E-state index contributed by atoms with van der Waals surface area (Å²) in [6.07, 6.45) is 0. The smallest absolute Gasteiger partial charge is 0.350 e. The third-order valence-electron chi connectivity index (χ3n) is 3.28. The minimum Gasteiger partial charge on any atom is -0.350 e. The molecule has 2 rings (SSSR count). The molecule has 6 nitrogen and oxygen atoms in total. The van der Waals surface area contributed by atoms with Gasteiger partial charge in [-0.15, -0.1) is 0 Å². The predicted octanol–water partition coefficient (Wildman–Crippen LogP) is 4.25. The number of hydrogen-bond donors (Lipinski definition) is 1. The van der Waals surface area contributed by atoms with Crippen LogP contribution in [0, 0.1) is 24.0 Å². The van der Waals surface area contributed by atoms with Crippen LogP contribution in [0.25, 0.3) is 0 Å². The van der Waals surface area contributed by atoms with Crippen LogP contribution < -0.4 is 5.32 Å². The first-order chi connectivity index (χ1) is 11.4. The molecule has 0 spiro atoms. The van der Waals surface area contributed by atoms with Gasteiger partial charge in [-0.25, -0.2) is 8.42 Å². The van der Waals surface area contributed by atoms with E-state index in [9.17, 15) is 31.7 Å². The molecule has 0 aliphatic rings. The molecular weight excluding hydrogens is 361 g/mol. The molecule has 0 atom stereocenters. The second-order valence-electron chi connectivity index (χ2n) is 5.39. The van der Waals surface area contributed by atoms with Crippen molar-refractivity contribution in [1.29, 1.82) is 0 Å². The lowest BCUT2D eigenvalue weighted by atomic mass is 10.1. The quantitative estimate of drug-likeness (QED) is 0.638. The summed E-state index contributed by atoms with van der Waals surface area (Å²) in [6.45, 7) is 3.62. The minimum absolute atomic E-state index is 0.115. The Balaban J connectivity index is 2.52. The first-order valence-corrected chi connectivity index (χ1v) is 8.35. The maximum Gasteiger partial charge on any atom is 0.501 e. The molecule has 0 heterocycles. The maximum absolute atomic E-state index is 12.6. The summed E-state index contributed by atoms with van der Waals surface area (Å²) in [6, 6.07) is 7.27. The second-order valence-corrected chi connectivity index (χ2v) is 7.33. The van der Waals surface area contributed by atoms with Crippen LogP contribution in [0.2, 0.25) is 0 Å². The van der Waals surface area contributed by atoms with Gasteiger partial charge in [-0.3, -0.25) is 10.1 Å². The van der Waals surface area contributed by atoms with Crippen molar-refractivity contribution >= 4 is 26.9 Å². The van der Waals surface area contributed by atoms with E-state index >= 15 is 0 Å². The highest BCUT2D eigenvalue weighted by Gasteiger charge is 2.47. The zero-order valence-electron chi connectivity index (χ0n) is 13.1. The normalized spacial score (nSPS) is 12.0. The van der Waals surface area contributed by atoms with Crippen LogP contribution in [0.1, 0.15) is 11.1 Å². The standard InChI is InChI=1S/C15H13F3N2O4S/c1-9-5-10(2)7-11(6-9)19-13-4-3-12(8-14(13)20(21)22)25(23,24)15(16,17)18/h3-8,19H,1-2H3. The Kier molecular flexibility index (Phi) is 4.76. The van der Waals surface area contributed by atoms with E-state index in [4.69, 9.17) is 0 Å². The number of aryl methyl sites for hydroxylation is 2. The zero-order valence-corrected chi connectivity index (χ0v) is 13.9. The minimum atomic E-state index is -5.67. The van der Waals surface area contributed by atoms with E-state index in [-0.39, 0.29) is 5.69 Å². The highest BCUT2D eigenvalue weighted by molar-refractivity contribution is 7.92. The molecule has 0 aromatic heterocycles. The Labute approximate surface area is 141 Å². The van der Waals surface area contributed by atoms with Crippen LogP contribution in [-0.4, -0.2) is 18.8 Å². The first kappa shape index (κ1) is 18.7. The molecule has 10 heteroatoms. The molecule has 0 radical (unpaired) electrons. The van der Waals surface area contributed by atoms with Gasteiger partial charge in [-0.1, -0.05) is 6.07 Å². The third kappa shape index (κ3) is 3.90. The van der Waals surface area contributed by atoms with Crippen molar-refractivity contribution in [2.75, 3.05) is 5.32 Å². The lowest BCUT2D eigenvalue weighted by molar-refractivity contribution is -0.384. The summed E-state index contributed by atoms with van der Waals surface area (Å²) in [5.41, 5.74) is -4.18. The maximum atomic E-state index is 12.6. The topological polar surface area (TPSA) is 89.3 Å². The molecule has 0 amide bonds. The van der Waals surface area contributed by atoms with Crippen LogP contribution in [0.3, 0.4) is 0 Å². The van der Waals surface area contributed by atoms with Crippen molar-refractivity contribution in [3.8, 4) is 0 Å². The van der Waals surface area contributed by atoms with E-state index in [1.54, 1.807) is 12.1 Å². The van der Waals surface area contributed by atoms with Gasteiger partial charge in [0.1, 0.15) is 5.69 Å². The van der Waals surface area contributed by atoms with Gasteiger partial charge in [0, 0.05) is 11.8 Å². The molecule has 0 bridgehead atoms. The van der Waals surface area contributed by atoms with Crippen LogP contribution >= 0.6 is 0 Å². The number of anilines is 2. The van der Waals surface area contributed by atoms with E-state index in [2.05, 4.69) is 5.32 Å². The van der Waals surface area contributed by atoms with Crippen molar-refractivity contribution in [2.24, 2.45) is 0 Å². The van der Waals surface area contributed by atoms with Gasteiger partial charge in [0.05, 0.1) is 9.82 Å². The molecule has 0 unspecified atom stereocenters. The Morgan fingerprint density at radius 1 is 1.04 bits per heavy atom. The molecule has 0 fully saturated rings. The summed E-state index contributed by atoms with van der Waals surface area (Å²) in [5, 5.41) is 13.9. The predicted molar refractivity (Wildman–Crippen MR) is 85.5 cm³/mol. The highest BCUT2D eigenvalue weighted by Crippen LogP contribution is 2.35. The number of halogens is 3. The van der Waals surface area contributed by atoms with Crippen molar-refractivity contribution in [3.63, 3.8) is 0 Å². The summed E-state index contributed by atoms with van der Waals surface area (Å²) < 4.78 is 60.7. The summed E-state index contributed by atoms with van der Waals surface area (Å²) in [7, 11) is -5.67. The lowest BCUT2D eigenvalue weighted by Gasteiger charge is -2.12. The fourth-order valence-electron chi connectivity index (χ4n) is 2.27. The largest absolute Gasteiger partial charge is 0.501 e. The number of nitrogens with zero attached hydrogens (tertiary/aromatic N) is 1. The number of rotatable bonds is 4. The number of nitro groups is 1. The monoisotopic (exact) mass is 374 g/mol. The second kappa shape index (κ2) is 6.36. The van der Waals surface area contributed by atoms with Crippen LogP contribution in [-0.2, 0) is 9.84 Å². The number of nitro benzene ring substituents is 1. The van der Waals surface area contributed by atoms with Crippen molar-refractivity contribution in [1.82, 2.24) is 0 Å². The zero-order chi connectivity index (χ0) is 19.0. The lowest BCUT2D eigenvalue weighted by Crippen LogP contribution is -2.23. The van der Waals surface area contributed by atoms with Gasteiger partial charge >= 0.3 is 5.51 Å². The van der Waals surface area contributed by atoms with Gasteiger partial charge in [0.25, 0.3) is 15.5 Å². The summed E-state index contributed by atoms with van der Waals surface area (Å²) >= 11 is 0.